The number of methoxy groups -OCH3 is 1. The third-order valence-corrected chi connectivity index (χ3v) is 5.40. The second kappa shape index (κ2) is 8.15. The fraction of sp³-hybridized carbons (Fsp3) is 0.381. The fourth-order valence-electron chi connectivity index (χ4n) is 3.26. The summed E-state index contributed by atoms with van der Waals surface area (Å²) < 4.78 is 53.3. The van der Waals surface area contributed by atoms with E-state index in [1.54, 1.807) is 0 Å². The predicted molar refractivity (Wildman–Crippen MR) is 108 cm³/mol. The summed E-state index contributed by atoms with van der Waals surface area (Å²) in [6.07, 6.45) is -3.59. The van der Waals surface area contributed by atoms with Crippen molar-refractivity contribution in [2.24, 2.45) is 5.92 Å². The third-order valence-electron chi connectivity index (χ3n) is 5.05. The number of hydrogen-bond donors (Lipinski definition) is 1. The van der Waals surface area contributed by atoms with E-state index in [0.717, 1.165) is 6.07 Å². The molecule has 2 aromatic rings. The lowest BCUT2D eigenvalue weighted by Gasteiger charge is -2.36. The number of aromatic nitrogens is 2. The van der Waals surface area contributed by atoms with Gasteiger partial charge in [-0.25, -0.2) is 9.78 Å². The number of benzene rings is 1. The minimum Gasteiger partial charge on any atom is -0.415 e. The topological polar surface area (TPSA) is 82.5 Å². The normalized spacial score (nSPS) is 20.0. The number of ether oxygens (including phenoxy) is 2. The van der Waals surface area contributed by atoms with Gasteiger partial charge in [-0.15, -0.1) is 0 Å². The zero-order chi connectivity index (χ0) is 23.1. The van der Waals surface area contributed by atoms with Gasteiger partial charge >= 0.3 is 12.3 Å². The van der Waals surface area contributed by atoms with Crippen molar-refractivity contribution in [3.05, 3.63) is 56.7 Å². The lowest BCUT2D eigenvalue weighted by molar-refractivity contribution is -0.239. The maximum atomic E-state index is 14.1. The second-order valence-corrected chi connectivity index (χ2v) is 7.91. The van der Waals surface area contributed by atoms with Crippen LogP contribution in [0.4, 0.5) is 23.7 Å². The Morgan fingerprint density at radius 3 is 2.72 bits per heavy atom. The van der Waals surface area contributed by atoms with Gasteiger partial charge in [0.1, 0.15) is 0 Å². The van der Waals surface area contributed by atoms with Crippen LogP contribution < -0.4 is 10.9 Å². The molecule has 1 aromatic carbocycles. The number of nitrogens with one attached hydrogen (secondary N) is 1. The van der Waals surface area contributed by atoms with E-state index in [0.29, 0.717) is 24.1 Å². The number of carbonyl (C=O) groups excluding carboxylic acids is 1. The van der Waals surface area contributed by atoms with Crippen LogP contribution in [0.25, 0.3) is 0 Å². The quantitative estimate of drug-likeness (QED) is 0.691. The SMILES string of the molecule is COCc1cc(=O)n(Cc2cc3c(cc2Cl)[C@@](C#CC2CC2)(C(F)(F)F)OC(=O)N3)cn1. The van der Waals surface area contributed by atoms with E-state index in [2.05, 4.69) is 22.1 Å². The molecule has 0 spiro atoms. The highest BCUT2D eigenvalue weighted by Crippen LogP contribution is 2.48. The second-order valence-electron chi connectivity index (χ2n) is 7.51. The molecule has 7 nitrogen and oxygen atoms in total. The third kappa shape index (κ3) is 4.18. The molecule has 1 saturated carbocycles. The molecular formula is C21H17ClF3N3O4. The van der Waals surface area contributed by atoms with Gasteiger partial charge in [-0.2, -0.15) is 13.2 Å². The van der Waals surface area contributed by atoms with Crippen molar-refractivity contribution in [2.45, 2.75) is 37.8 Å². The lowest BCUT2D eigenvalue weighted by atomic mass is 9.89. The fourth-order valence-corrected chi connectivity index (χ4v) is 3.49. The number of carbonyl (C=O) groups is 1. The molecule has 0 radical (unpaired) electrons. The van der Waals surface area contributed by atoms with Crippen molar-refractivity contribution >= 4 is 23.4 Å². The first-order valence-electron chi connectivity index (χ1n) is 9.59. The summed E-state index contributed by atoms with van der Waals surface area (Å²) in [5.41, 5.74) is -3.34. The van der Waals surface area contributed by atoms with Gasteiger partial charge < -0.3 is 9.47 Å². The van der Waals surface area contributed by atoms with Crippen LogP contribution in [0.3, 0.4) is 0 Å². The summed E-state index contributed by atoms with van der Waals surface area (Å²) in [4.78, 5) is 28.5. The van der Waals surface area contributed by atoms with Gasteiger partial charge in [0.05, 0.1) is 30.9 Å². The number of anilines is 1. The summed E-state index contributed by atoms with van der Waals surface area (Å²) in [5, 5.41) is 2.23. The molecule has 1 aromatic heterocycles. The molecule has 0 bridgehead atoms. The summed E-state index contributed by atoms with van der Waals surface area (Å²) in [5.74, 6) is 4.55. The van der Waals surface area contributed by atoms with Gasteiger partial charge in [0.2, 0.25) is 0 Å². The van der Waals surface area contributed by atoms with E-state index in [4.69, 9.17) is 21.1 Å². The molecule has 1 atom stereocenters. The molecule has 11 heteroatoms. The largest absolute Gasteiger partial charge is 0.445 e. The van der Waals surface area contributed by atoms with E-state index in [-0.39, 0.29) is 29.8 Å². The highest BCUT2D eigenvalue weighted by molar-refractivity contribution is 6.31. The first-order chi connectivity index (χ1) is 15.1. The smallest absolute Gasteiger partial charge is 0.415 e. The molecular weight excluding hydrogens is 451 g/mol. The summed E-state index contributed by atoms with van der Waals surface area (Å²) in [7, 11) is 1.47. The summed E-state index contributed by atoms with van der Waals surface area (Å²) in [6.45, 7) is 0.0812. The molecule has 1 aliphatic heterocycles. The van der Waals surface area contributed by atoms with E-state index >= 15 is 0 Å². The highest BCUT2D eigenvalue weighted by atomic mass is 35.5. The highest BCUT2D eigenvalue weighted by Gasteiger charge is 2.62. The molecule has 2 heterocycles. The number of halogens is 4. The molecule has 1 aliphatic carbocycles. The Hall–Kier alpha value is -3.03. The van der Waals surface area contributed by atoms with Crippen molar-refractivity contribution in [1.29, 1.82) is 0 Å². The molecule has 1 amide bonds. The predicted octanol–water partition coefficient (Wildman–Crippen LogP) is 3.82. The lowest BCUT2D eigenvalue weighted by Crippen LogP contribution is -2.49. The first kappa shape index (κ1) is 22.2. The van der Waals surface area contributed by atoms with E-state index < -0.39 is 29.0 Å². The zero-order valence-electron chi connectivity index (χ0n) is 16.8. The van der Waals surface area contributed by atoms with E-state index in [1.807, 2.05) is 0 Å². The molecule has 168 valence electrons. The Balaban J connectivity index is 1.76. The number of cyclic esters (lactones) is 1. The van der Waals surface area contributed by atoms with Crippen LogP contribution in [-0.2, 0) is 28.2 Å². The van der Waals surface area contributed by atoms with Gasteiger partial charge in [0.15, 0.2) is 0 Å². The standard InChI is InChI=1S/C21H17ClF3N3O4/c1-31-10-14-7-18(29)28(11-26-14)9-13-6-17-15(8-16(13)22)20(21(23,24)25,32-19(30)27-17)5-4-12-2-3-12/h6-8,11-12H,2-3,9-10H2,1H3,(H,27,30)/t20-/m0/s1. The Morgan fingerprint density at radius 1 is 1.34 bits per heavy atom. The molecule has 32 heavy (non-hydrogen) atoms. The van der Waals surface area contributed by atoms with Crippen molar-refractivity contribution in [2.75, 3.05) is 12.4 Å². The number of rotatable bonds is 4. The van der Waals surface area contributed by atoms with Crippen LogP contribution in [0.2, 0.25) is 5.02 Å². The van der Waals surface area contributed by atoms with Gasteiger partial charge in [-0.05, 0) is 36.5 Å². The Labute approximate surface area is 185 Å². The number of nitrogens with zero attached hydrogens (tertiary/aromatic N) is 2. The van der Waals surface area contributed by atoms with Crippen LogP contribution in [0, 0.1) is 17.8 Å². The first-order valence-corrected chi connectivity index (χ1v) is 9.97. The molecule has 1 fully saturated rings. The van der Waals surface area contributed by atoms with Crippen molar-refractivity contribution in [1.82, 2.24) is 9.55 Å². The van der Waals surface area contributed by atoms with Crippen molar-refractivity contribution in [3.63, 3.8) is 0 Å². The molecule has 1 N–H and O–H groups in total. The minimum atomic E-state index is -5.00. The van der Waals surface area contributed by atoms with Crippen LogP contribution >= 0.6 is 11.6 Å². The van der Waals surface area contributed by atoms with Gasteiger partial charge in [0.25, 0.3) is 11.2 Å². The zero-order valence-corrected chi connectivity index (χ0v) is 17.5. The molecule has 4 rings (SSSR count). The number of alkyl halides is 3. The molecule has 0 unspecified atom stereocenters. The Bertz CT molecular complexity index is 1200. The number of fused-ring (bicyclic) bond motifs is 1. The average Bonchev–Trinajstić information content (AvgIpc) is 3.53. The summed E-state index contributed by atoms with van der Waals surface area (Å²) >= 11 is 6.29. The van der Waals surface area contributed by atoms with Crippen molar-refractivity contribution in [3.8, 4) is 11.8 Å². The number of amides is 1. The van der Waals surface area contributed by atoms with Gasteiger partial charge in [0, 0.05) is 29.7 Å². The van der Waals surface area contributed by atoms with Gasteiger partial charge in [-0.3, -0.25) is 14.7 Å². The van der Waals surface area contributed by atoms with Crippen LogP contribution in [-0.4, -0.2) is 28.9 Å². The minimum absolute atomic E-state index is 0.0433. The van der Waals surface area contributed by atoms with Crippen LogP contribution in [0.5, 0.6) is 0 Å². The maximum Gasteiger partial charge on any atom is 0.445 e. The summed E-state index contributed by atoms with van der Waals surface area (Å²) in [6, 6.07) is 3.64. The van der Waals surface area contributed by atoms with Crippen molar-refractivity contribution < 1.29 is 27.4 Å². The maximum absolute atomic E-state index is 14.1. The van der Waals surface area contributed by atoms with Gasteiger partial charge in [-0.1, -0.05) is 17.5 Å². The van der Waals surface area contributed by atoms with E-state index in [1.165, 1.54) is 30.1 Å². The Morgan fingerprint density at radius 2 is 2.09 bits per heavy atom. The monoisotopic (exact) mass is 467 g/mol. The van der Waals surface area contributed by atoms with E-state index in [9.17, 15) is 22.8 Å². The van der Waals surface area contributed by atoms with Crippen LogP contribution in [0.15, 0.2) is 29.3 Å². The Kier molecular flexibility index (Phi) is 5.65. The molecule has 0 saturated heterocycles. The number of hydrogen-bond acceptors (Lipinski definition) is 5. The van der Waals surface area contributed by atoms with Crippen LogP contribution in [0.1, 0.15) is 29.7 Å². The molecule has 2 aliphatic rings. The average molecular weight is 468 g/mol.